The summed E-state index contributed by atoms with van der Waals surface area (Å²) in [6.07, 6.45) is 9.05. The third kappa shape index (κ3) is 8.83. The van der Waals surface area contributed by atoms with E-state index in [-0.39, 0.29) is 24.3 Å². The lowest BCUT2D eigenvalue weighted by Gasteiger charge is -2.46. The van der Waals surface area contributed by atoms with E-state index in [0.29, 0.717) is 6.42 Å². The zero-order chi connectivity index (χ0) is 25.8. The van der Waals surface area contributed by atoms with Crippen LogP contribution in [0.15, 0.2) is 34.5 Å². The quantitative estimate of drug-likeness (QED) is 0.0588. The number of hydrogen-bond acceptors (Lipinski definition) is 5. The molecule has 1 rings (SSSR count). The topological polar surface area (TPSA) is 61.8 Å². The normalized spacial score (nSPS) is 20.0. The second-order valence-corrected chi connectivity index (χ2v) is 19.4. The van der Waals surface area contributed by atoms with Gasteiger partial charge < -0.3 is 13.6 Å². The molecule has 1 aliphatic rings. The van der Waals surface area contributed by atoms with Crippen molar-refractivity contribution in [3.05, 3.63) is 34.5 Å². The van der Waals surface area contributed by atoms with Crippen LogP contribution < -0.4 is 0 Å². The Kier molecular flexibility index (Phi) is 13.8. The van der Waals surface area contributed by atoms with Crippen molar-refractivity contribution < 1.29 is 23.2 Å². The largest absolute Gasteiger partial charge is 0.455 e. The molecule has 0 aliphatic carbocycles. The number of esters is 1. The van der Waals surface area contributed by atoms with Crippen LogP contribution in [0.25, 0.3) is 0 Å². The summed E-state index contributed by atoms with van der Waals surface area (Å²) >= 11 is 2.08. The van der Waals surface area contributed by atoms with Crippen molar-refractivity contribution in [2.45, 2.75) is 115 Å². The first-order valence-electron chi connectivity index (χ1n) is 12.8. The number of halogens is 1. The Hall–Kier alpha value is -0.556. The molecule has 0 aromatic heterocycles. The van der Waals surface area contributed by atoms with Gasteiger partial charge in [0.1, 0.15) is 6.10 Å². The van der Waals surface area contributed by atoms with E-state index in [4.69, 9.17) is 13.6 Å². The van der Waals surface area contributed by atoms with Gasteiger partial charge in [-0.15, -0.1) is 0 Å². The molecule has 0 radical (unpaired) electrons. The van der Waals surface area contributed by atoms with Crippen molar-refractivity contribution in [3.63, 3.8) is 0 Å². The van der Waals surface area contributed by atoms with Gasteiger partial charge in [-0.05, 0) is 59.4 Å². The molecule has 34 heavy (non-hydrogen) atoms. The fraction of sp³-hybridized carbons (Fsp3) is 0.692. The Morgan fingerprint density at radius 3 is 2.15 bits per heavy atom. The van der Waals surface area contributed by atoms with Gasteiger partial charge in [0.25, 0.3) is 0 Å². The van der Waals surface area contributed by atoms with Gasteiger partial charge >= 0.3 is 5.97 Å². The van der Waals surface area contributed by atoms with Crippen molar-refractivity contribution in [3.8, 4) is 0 Å². The molecule has 0 spiro atoms. The smallest absolute Gasteiger partial charge is 0.331 e. The van der Waals surface area contributed by atoms with E-state index in [1.165, 1.54) is 6.08 Å². The SMILES string of the molecule is CC[Si](CC)(CC)O[C@H](CC(=O)/C=C/I)[C@@](C)(/C=C/[C@H]1CC=CC(=O)O1)O[Si](CC)(CC)CC. The molecule has 1 aliphatic heterocycles. The van der Waals surface area contributed by atoms with Crippen LogP contribution in [0.1, 0.15) is 61.3 Å². The average molecular weight is 621 g/mol. The molecule has 0 saturated carbocycles. The molecule has 0 bridgehead atoms. The summed E-state index contributed by atoms with van der Waals surface area (Å²) in [5.41, 5.74) is -0.797. The van der Waals surface area contributed by atoms with E-state index in [1.807, 2.05) is 18.2 Å². The fourth-order valence-electron chi connectivity index (χ4n) is 4.58. The first-order valence-corrected chi connectivity index (χ1v) is 19.1. The highest BCUT2D eigenvalue weighted by atomic mass is 127. The summed E-state index contributed by atoms with van der Waals surface area (Å²) in [5.74, 6) is -0.287. The van der Waals surface area contributed by atoms with Crippen LogP contribution in [0, 0.1) is 0 Å². The van der Waals surface area contributed by atoms with Gasteiger partial charge in [-0.25, -0.2) is 4.79 Å². The first kappa shape index (κ1) is 31.5. The molecular weight excluding hydrogens is 575 g/mol. The van der Waals surface area contributed by atoms with Crippen LogP contribution in [0.2, 0.25) is 36.3 Å². The van der Waals surface area contributed by atoms with Gasteiger partial charge in [-0.2, -0.15) is 0 Å². The Morgan fingerprint density at radius 2 is 1.68 bits per heavy atom. The molecule has 5 nitrogen and oxygen atoms in total. The van der Waals surface area contributed by atoms with E-state index in [2.05, 4.69) is 71.1 Å². The Morgan fingerprint density at radius 1 is 1.12 bits per heavy atom. The lowest BCUT2D eigenvalue weighted by atomic mass is 9.93. The standard InChI is InChI=1S/C26H45IO5Si2/c1-8-33(9-2,10-3)31-24(21-22(28)18-20-27)26(7,32-34(11-4,12-5)13-6)19-17-23-15-14-16-25(29)30-23/h14,16-20,23-24H,8-13,15,21H2,1-7H3/b19-17+,20-18+/t23-,24-,26-/m1/s1. The Labute approximate surface area is 223 Å². The molecule has 1 heterocycles. The highest BCUT2D eigenvalue weighted by Gasteiger charge is 2.45. The average Bonchev–Trinajstić information content (AvgIpc) is 2.84. The number of rotatable bonds is 16. The zero-order valence-electron chi connectivity index (χ0n) is 22.2. The summed E-state index contributed by atoms with van der Waals surface area (Å²) in [7, 11) is -4.10. The number of carbonyl (C=O) groups is 2. The van der Waals surface area contributed by atoms with Crippen molar-refractivity contribution in [1.82, 2.24) is 0 Å². The van der Waals surface area contributed by atoms with Crippen LogP contribution in [-0.2, 0) is 23.2 Å². The van der Waals surface area contributed by atoms with Crippen LogP contribution >= 0.6 is 22.6 Å². The third-order valence-electron chi connectivity index (χ3n) is 7.50. The van der Waals surface area contributed by atoms with Gasteiger partial charge in [0, 0.05) is 18.9 Å². The van der Waals surface area contributed by atoms with Gasteiger partial charge in [-0.1, -0.05) is 76.3 Å². The summed E-state index contributed by atoms with van der Waals surface area (Å²) in [4.78, 5) is 24.7. The molecule has 0 unspecified atom stereocenters. The predicted octanol–water partition coefficient (Wildman–Crippen LogP) is 7.49. The zero-order valence-corrected chi connectivity index (χ0v) is 26.4. The molecule has 3 atom stereocenters. The minimum atomic E-state index is -2.06. The second kappa shape index (κ2) is 14.9. The summed E-state index contributed by atoms with van der Waals surface area (Å²) in [5, 5.41) is 0. The number of ether oxygens (including phenoxy) is 1. The van der Waals surface area contributed by atoms with Crippen LogP contribution in [0.3, 0.4) is 0 Å². The molecule has 0 aromatic carbocycles. The van der Waals surface area contributed by atoms with E-state index >= 15 is 0 Å². The van der Waals surface area contributed by atoms with Crippen molar-refractivity contribution in [2.24, 2.45) is 0 Å². The van der Waals surface area contributed by atoms with Crippen LogP contribution in [0.5, 0.6) is 0 Å². The maximum absolute atomic E-state index is 12.9. The Bertz CT molecular complexity index is 727. The minimum Gasteiger partial charge on any atom is -0.455 e. The van der Waals surface area contributed by atoms with Gasteiger partial charge in [0.2, 0.25) is 0 Å². The summed E-state index contributed by atoms with van der Waals surface area (Å²) in [6.45, 7) is 15.3. The molecule has 8 heteroatoms. The fourth-order valence-corrected chi connectivity index (χ4v) is 11.0. The molecule has 0 N–H and O–H groups in total. The minimum absolute atomic E-state index is 0.0395. The number of hydrogen-bond donors (Lipinski definition) is 0. The Balaban J connectivity index is 3.55. The van der Waals surface area contributed by atoms with E-state index in [0.717, 1.165) is 36.3 Å². The molecule has 0 amide bonds. The van der Waals surface area contributed by atoms with Crippen LogP contribution in [-0.4, -0.2) is 46.2 Å². The number of allylic oxidation sites excluding steroid dienone is 1. The van der Waals surface area contributed by atoms with Gasteiger partial charge in [-0.3, -0.25) is 4.79 Å². The number of carbonyl (C=O) groups excluding carboxylic acids is 2. The monoisotopic (exact) mass is 620 g/mol. The molecule has 0 fully saturated rings. The van der Waals surface area contributed by atoms with Crippen molar-refractivity contribution in [1.29, 1.82) is 0 Å². The van der Waals surface area contributed by atoms with E-state index in [1.54, 1.807) is 10.2 Å². The number of cyclic esters (lactones) is 1. The first-order chi connectivity index (χ1) is 16.1. The second-order valence-electron chi connectivity index (χ2n) is 9.32. The lowest BCUT2D eigenvalue weighted by Crippen LogP contribution is -2.55. The van der Waals surface area contributed by atoms with E-state index < -0.39 is 28.3 Å². The van der Waals surface area contributed by atoms with Crippen molar-refractivity contribution in [2.75, 3.05) is 0 Å². The van der Waals surface area contributed by atoms with Gasteiger partial charge in [0.05, 0.1) is 11.7 Å². The third-order valence-corrected chi connectivity index (χ3v) is 17.3. The molecule has 194 valence electrons. The molecule has 0 saturated heterocycles. The van der Waals surface area contributed by atoms with E-state index in [9.17, 15) is 9.59 Å². The van der Waals surface area contributed by atoms with Crippen molar-refractivity contribution >= 4 is 51.0 Å². The molecular formula is C26H45IO5Si2. The predicted molar refractivity (Wildman–Crippen MR) is 154 cm³/mol. The lowest BCUT2D eigenvalue weighted by molar-refractivity contribution is -0.141. The van der Waals surface area contributed by atoms with Gasteiger partial charge in [0.15, 0.2) is 22.4 Å². The summed E-state index contributed by atoms with van der Waals surface area (Å²) in [6, 6.07) is 5.98. The highest BCUT2D eigenvalue weighted by Crippen LogP contribution is 2.37. The maximum atomic E-state index is 12.9. The maximum Gasteiger partial charge on any atom is 0.331 e. The van der Waals surface area contributed by atoms with Crippen LogP contribution in [0.4, 0.5) is 0 Å². The number of ketones is 1. The summed E-state index contributed by atoms with van der Waals surface area (Å²) < 4.78 is 21.4. The molecule has 0 aromatic rings. The highest BCUT2D eigenvalue weighted by molar-refractivity contribution is 14.1.